The number of carbonyl (C=O) groups excluding carboxylic acids is 4. The van der Waals surface area contributed by atoms with E-state index in [4.69, 9.17) is 21.1 Å². The van der Waals surface area contributed by atoms with E-state index in [-0.39, 0.29) is 41.9 Å². The summed E-state index contributed by atoms with van der Waals surface area (Å²) in [6.45, 7) is -0.100. The number of anilines is 1. The maximum absolute atomic E-state index is 13.6. The van der Waals surface area contributed by atoms with E-state index in [2.05, 4.69) is 29.6 Å². The number of nitrogens with zero attached hydrogens (tertiary/aromatic N) is 1. The van der Waals surface area contributed by atoms with Gasteiger partial charge in [-0.15, -0.1) is 0 Å². The summed E-state index contributed by atoms with van der Waals surface area (Å²) in [5, 5.41) is 3.05. The highest BCUT2D eigenvalue weighted by Crippen LogP contribution is 2.60. The van der Waals surface area contributed by atoms with Crippen LogP contribution in [0.4, 0.5) is 5.69 Å². The fourth-order valence-electron chi connectivity index (χ4n) is 6.86. The molecule has 1 N–H and O–H groups in total. The van der Waals surface area contributed by atoms with Crippen molar-refractivity contribution >= 4 is 41.0 Å². The van der Waals surface area contributed by atoms with E-state index < -0.39 is 18.5 Å². The molecule has 8 nitrogen and oxygen atoms in total. The molecule has 7 rings (SSSR count). The predicted octanol–water partition coefficient (Wildman–Crippen LogP) is 5.28. The molecule has 2 bridgehead atoms. The molecule has 216 valence electrons. The van der Waals surface area contributed by atoms with Gasteiger partial charge < -0.3 is 14.8 Å². The number of hydrogen-bond donors (Lipinski definition) is 1. The van der Waals surface area contributed by atoms with Crippen molar-refractivity contribution in [2.75, 3.05) is 25.6 Å². The third-order valence-corrected chi connectivity index (χ3v) is 8.84. The minimum Gasteiger partial charge on any atom is -0.495 e. The summed E-state index contributed by atoms with van der Waals surface area (Å²) in [6, 6.07) is 21.2. The minimum absolute atomic E-state index is 0.0919. The predicted molar refractivity (Wildman–Crippen MR) is 156 cm³/mol. The first-order valence-corrected chi connectivity index (χ1v) is 14.6. The van der Waals surface area contributed by atoms with Gasteiger partial charge in [0.15, 0.2) is 6.61 Å². The van der Waals surface area contributed by atoms with E-state index in [0.717, 1.165) is 22.3 Å². The lowest BCUT2D eigenvalue weighted by molar-refractivity contribution is -0.147. The van der Waals surface area contributed by atoms with Crippen molar-refractivity contribution in [2.24, 2.45) is 11.8 Å². The van der Waals surface area contributed by atoms with Crippen LogP contribution in [0.25, 0.3) is 0 Å². The second kappa shape index (κ2) is 11.6. The lowest BCUT2D eigenvalue weighted by Crippen LogP contribution is -2.41. The van der Waals surface area contributed by atoms with E-state index in [1.54, 1.807) is 18.2 Å². The Morgan fingerprint density at radius 2 is 1.40 bits per heavy atom. The fraction of sp³-hybridized carbons (Fsp3) is 0.333. The van der Waals surface area contributed by atoms with Crippen molar-refractivity contribution < 1.29 is 28.7 Å². The number of unbranched alkanes of at least 4 members (excludes halogenated alkanes) is 2. The van der Waals surface area contributed by atoms with Gasteiger partial charge in [0.2, 0.25) is 11.8 Å². The van der Waals surface area contributed by atoms with Crippen molar-refractivity contribution in [3.05, 3.63) is 94.0 Å². The number of halogens is 1. The number of nitrogens with one attached hydrogen (secondary N) is 1. The van der Waals surface area contributed by atoms with Crippen molar-refractivity contribution in [1.82, 2.24) is 4.90 Å². The average Bonchev–Trinajstić information content (AvgIpc) is 3.25. The number of ether oxygens (including phenoxy) is 2. The molecule has 1 aliphatic heterocycles. The van der Waals surface area contributed by atoms with Crippen molar-refractivity contribution in [2.45, 2.75) is 37.5 Å². The Morgan fingerprint density at radius 3 is 1.95 bits per heavy atom. The van der Waals surface area contributed by atoms with Crippen LogP contribution in [0.5, 0.6) is 5.75 Å². The van der Waals surface area contributed by atoms with Crippen LogP contribution >= 0.6 is 11.6 Å². The SMILES string of the molecule is COc1ccc(Cl)cc1NC(=O)COC(=O)CCCCCN1C(=O)[C@@H]2C3c4ccccc4C(c4ccccc43)[C@H]2C1=O. The zero-order chi connectivity index (χ0) is 29.4. The molecule has 3 amide bonds. The van der Waals surface area contributed by atoms with Gasteiger partial charge in [-0.3, -0.25) is 24.1 Å². The largest absolute Gasteiger partial charge is 0.495 e. The van der Waals surface area contributed by atoms with Gasteiger partial charge >= 0.3 is 5.97 Å². The first kappa shape index (κ1) is 28.0. The molecule has 42 heavy (non-hydrogen) atoms. The first-order chi connectivity index (χ1) is 20.4. The Hall–Kier alpha value is -4.17. The zero-order valence-electron chi connectivity index (χ0n) is 23.2. The molecule has 1 heterocycles. The normalized spacial score (nSPS) is 21.4. The number of imide groups is 1. The van der Waals surface area contributed by atoms with Crippen LogP contribution in [-0.4, -0.2) is 48.9 Å². The second-order valence-corrected chi connectivity index (χ2v) is 11.4. The Kier molecular flexibility index (Phi) is 7.73. The van der Waals surface area contributed by atoms with Crippen LogP contribution < -0.4 is 10.1 Å². The first-order valence-electron chi connectivity index (χ1n) is 14.2. The number of carbonyl (C=O) groups is 4. The summed E-state index contributed by atoms with van der Waals surface area (Å²) in [5.74, 6) is -1.71. The van der Waals surface area contributed by atoms with Gasteiger partial charge in [-0.25, -0.2) is 0 Å². The van der Waals surface area contributed by atoms with E-state index in [0.29, 0.717) is 42.3 Å². The summed E-state index contributed by atoms with van der Waals surface area (Å²) < 4.78 is 10.3. The summed E-state index contributed by atoms with van der Waals surface area (Å²) >= 11 is 5.98. The molecule has 0 saturated carbocycles. The van der Waals surface area contributed by atoms with Crippen molar-refractivity contribution in [3.8, 4) is 5.75 Å². The van der Waals surface area contributed by atoms with Crippen LogP contribution in [0.1, 0.15) is 59.8 Å². The summed E-state index contributed by atoms with van der Waals surface area (Å²) in [5.41, 5.74) is 5.01. The van der Waals surface area contributed by atoms with Crippen LogP contribution in [0, 0.1) is 11.8 Å². The van der Waals surface area contributed by atoms with Crippen LogP contribution in [0.2, 0.25) is 5.02 Å². The third-order valence-electron chi connectivity index (χ3n) is 8.60. The molecular formula is C33H31ClN2O6. The highest BCUT2D eigenvalue weighted by atomic mass is 35.5. The molecule has 3 aromatic rings. The highest BCUT2D eigenvalue weighted by molar-refractivity contribution is 6.31. The summed E-state index contributed by atoms with van der Waals surface area (Å²) in [4.78, 5) is 53.2. The molecule has 2 atom stereocenters. The van der Waals surface area contributed by atoms with Gasteiger partial charge in [0.05, 0.1) is 24.6 Å². The van der Waals surface area contributed by atoms with Crippen molar-refractivity contribution in [1.29, 1.82) is 0 Å². The molecule has 3 aliphatic carbocycles. The number of benzene rings is 3. The molecule has 9 heteroatoms. The topological polar surface area (TPSA) is 102 Å². The Bertz CT molecular complexity index is 1460. The molecule has 4 aliphatic rings. The van der Waals surface area contributed by atoms with Gasteiger partial charge in [-0.2, -0.15) is 0 Å². The van der Waals surface area contributed by atoms with E-state index in [1.807, 2.05) is 24.3 Å². The fourth-order valence-corrected chi connectivity index (χ4v) is 7.03. The highest BCUT2D eigenvalue weighted by Gasteiger charge is 2.61. The van der Waals surface area contributed by atoms with E-state index in [9.17, 15) is 19.2 Å². The standard InChI is InChI=1S/C33H31ClN2O6/c1-41-25-15-14-19(34)17-24(25)35-26(37)18-42-27(38)13-3-2-8-16-36-32(39)30-28-20-9-4-5-10-21(20)29(31(30)33(36)40)23-12-7-6-11-22(23)28/h4-7,9-12,14-15,17,28-31H,2-3,8,13,16,18H2,1H3,(H,35,37)/t28?,29?,30-,31-/m1/s1. The van der Waals surface area contributed by atoms with Crippen molar-refractivity contribution in [3.63, 3.8) is 0 Å². The van der Waals surface area contributed by atoms with E-state index in [1.165, 1.54) is 12.0 Å². The lowest BCUT2D eigenvalue weighted by Gasteiger charge is -2.45. The smallest absolute Gasteiger partial charge is 0.306 e. The minimum atomic E-state index is -0.505. The molecule has 3 aromatic carbocycles. The number of amides is 3. The Labute approximate surface area is 248 Å². The Balaban J connectivity index is 0.993. The number of hydrogen-bond acceptors (Lipinski definition) is 6. The summed E-state index contributed by atoms with van der Waals surface area (Å²) in [6.07, 6.45) is 1.89. The second-order valence-electron chi connectivity index (χ2n) is 11.0. The molecule has 1 saturated heterocycles. The third kappa shape index (κ3) is 4.94. The van der Waals surface area contributed by atoms with Crippen LogP contribution in [-0.2, 0) is 23.9 Å². The summed E-state index contributed by atoms with van der Waals surface area (Å²) in [7, 11) is 1.48. The number of esters is 1. The molecule has 1 fully saturated rings. The number of methoxy groups -OCH3 is 1. The zero-order valence-corrected chi connectivity index (χ0v) is 23.9. The van der Waals surface area contributed by atoms with Crippen LogP contribution in [0.3, 0.4) is 0 Å². The monoisotopic (exact) mass is 586 g/mol. The van der Waals surface area contributed by atoms with E-state index >= 15 is 0 Å². The van der Waals surface area contributed by atoms with Gasteiger partial charge in [0, 0.05) is 29.8 Å². The number of rotatable bonds is 10. The molecule has 0 aromatic heterocycles. The maximum atomic E-state index is 13.6. The van der Waals surface area contributed by atoms with Gasteiger partial charge in [-0.1, -0.05) is 66.6 Å². The Morgan fingerprint density at radius 1 is 0.833 bits per heavy atom. The molecule has 0 spiro atoms. The van der Waals surface area contributed by atoms with Gasteiger partial charge in [-0.05, 0) is 53.3 Å². The molecule has 0 radical (unpaired) electrons. The lowest BCUT2D eigenvalue weighted by atomic mass is 9.55. The average molecular weight is 587 g/mol. The molecular weight excluding hydrogens is 556 g/mol. The van der Waals surface area contributed by atoms with Gasteiger partial charge in [0.25, 0.3) is 5.91 Å². The van der Waals surface area contributed by atoms with Crippen LogP contribution in [0.15, 0.2) is 66.7 Å². The number of likely N-dealkylation sites (tertiary alicyclic amines) is 1. The quantitative estimate of drug-likeness (QED) is 0.197. The van der Waals surface area contributed by atoms with Gasteiger partial charge in [0.1, 0.15) is 5.75 Å². The molecule has 0 unspecified atom stereocenters. The maximum Gasteiger partial charge on any atom is 0.306 e.